The van der Waals surface area contributed by atoms with Crippen molar-refractivity contribution >= 4 is 29.6 Å². The van der Waals surface area contributed by atoms with Crippen molar-refractivity contribution in [3.63, 3.8) is 0 Å². The summed E-state index contributed by atoms with van der Waals surface area (Å²) in [4.78, 5) is 35.4. The minimum Gasteiger partial charge on any atom is -0.494 e. The van der Waals surface area contributed by atoms with Gasteiger partial charge in [0.05, 0.1) is 19.4 Å². The molecule has 2 aromatic rings. The first kappa shape index (κ1) is 24.4. The van der Waals surface area contributed by atoms with Crippen molar-refractivity contribution in [2.75, 3.05) is 38.8 Å². The number of anilines is 1. The average Bonchev–Trinajstić information content (AvgIpc) is 2.80. The summed E-state index contributed by atoms with van der Waals surface area (Å²) in [5.74, 6) is -0.978. The monoisotopic (exact) mass is 442 g/mol. The third-order valence-electron chi connectivity index (χ3n) is 3.89. The number of hydrogen-bond donors (Lipinski definition) is 3. The third-order valence-corrected chi connectivity index (χ3v) is 3.89. The Labute approximate surface area is 185 Å². The second-order valence-corrected chi connectivity index (χ2v) is 6.28. The SMILES string of the molecule is CCOc1ccc(NC(=O)COc2ccccc2/C=N\NC(=O)C(=O)NCCOC)cc1. The van der Waals surface area contributed by atoms with Crippen LogP contribution in [0.25, 0.3) is 0 Å². The highest BCUT2D eigenvalue weighted by Gasteiger charge is 2.11. The predicted molar refractivity (Wildman–Crippen MR) is 119 cm³/mol. The molecule has 0 saturated carbocycles. The summed E-state index contributed by atoms with van der Waals surface area (Å²) in [6, 6.07) is 13.8. The highest BCUT2D eigenvalue weighted by Crippen LogP contribution is 2.17. The number of hydrogen-bond acceptors (Lipinski definition) is 7. The molecule has 0 aliphatic heterocycles. The quantitative estimate of drug-likeness (QED) is 0.208. The number of ether oxygens (including phenoxy) is 3. The lowest BCUT2D eigenvalue weighted by Gasteiger charge is -2.10. The molecule has 0 atom stereocenters. The van der Waals surface area contributed by atoms with Gasteiger partial charge in [0.25, 0.3) is 5.91 Å². The maximum Gasteiger partial charge on any atom is 0.329 e. The summed E-state index contributed by atoms with van der Waals surface area (Å²) < 4.78 is 15.7. The molecule has 0 spiro atoms. The normalized spacial score (nSPS) is 10.4. The van der Waals surface area contributed by atoms with Crippen LogP contribution in [0.5, 0.6) is 11.5 Å². The number of rotatable bonds is 11. The summed E-state index contributed by atoms with van der Waals surface area (Å²) in [5, 5.41) is 8.87. The zero-order valence-corrected chi connectivity index (χ0v) is 17.9. The van der Waals surface area contributed by atoms with Gasteiger partial charge in [-0.25, -0.2) is 5.43 Å². The van der Waals surface area contributed by atoms with Gasteiger partial charge >= 0.3 is 11.8 Å². The summed E-state index contributed by atoms with van der Waals surface area (Å²) in [6.07, 6.45) is 1.32. The van der Waals surface area contributed by atoms with E-state index in [0.717, 1.165) is 5.75 Å². The molecule has 2 aromatic carbocycles. The molecular weight excluding hydrogens is 416 g/mol. The molecule has 3 N–H and O–H groups in total. The van der Waals surface area contributed by atoms with Crippen LogP contribution < -0.4 is 25.5 Å². The van der Waals surface area contributed by atoms with Crippen LogP contribution in [-0.2, 0) is 19.1 Å². The fourth-order valence-corrected chi connectivity index (χ4v) is 2.42. The van der Waals surface area contributed by atoms with Gasteiger partial charge in [0.1, 0.15) is 11.5 Å². The Bertz CT molecular complexity index is 930. The van der Waals surface area contributed by atoms with Gasteiger partial charge in [-0.2, -0.15) is 5.10 Å². The van der Waals surface area contributed by atoms with Gasteiger partial charge in [0.2, 0.25) is 0 Å². The number of hydrazone groups is 1. The van der Waals surface area contributed by atoms with Crippen LogP contribution in [0.1, 0.15) is 12.5 Å². The number of para-hydroxylation sites is 1. The number of carbonyl (C=O) groups excluding carboxylic acids is 3. The largest absolute Gasteiger partial charge is 0.494 e. The highest BCUT2D eigenvalue weighted by atomic mass is 16.5. The molecule has 0 unspecified atom stereocenters. The van der Waals surface area contributed by atoms with Crippen molar-refractivity contribution in [2.45, 2.75) is 6.92 Å². The molecule has 2 rings (SSSR count). The lowest BCUT2D eigenvalue weighted by atomic mass is 10.2. The molecule has 10 nitrogen and oxygen atoms in total. The Morgan fingerprint density at radius 3 is 2.47 bits per heavy atom. The molecule has 32 heavy (non-hydrogen) atoms. The Hall–Kier alpha value is -3.92. The molecule has 3 amide bonds. The van der Waals surface area contributed by atoms with Crippen LogP contribution in [0.4, 0.5) is 5.69 Å². The molecule has 170 valence electrons. The summed E-state index contributed by atoms with van der Waals surface area (Å²) in [5.41, 5.74) is 3.26. The number of nitrogens with one attached hydrogen (secondary N) is 3. The maximum atomic E-state index is 12.2. The molecule has 10 heteroatoms. The van der Waals surface area contributed by atoms with Gasteiger partial charge < -0.3 is 24.8 Å². The number of nitrogens with zero attached hydrogens (tertiary/aromatic N) is 1. The molecule has 0 saturated heterocycles. The van der Waals surface area contributed by atoms with E-state index in [1.807, 2.05) is 6.92 Å². The van der Waals surface area contributed by atoms with Crippen LogP contribution in [0.3, 0.4) is 0 Å². The van der Waals surface area contributed by atoms with E-state index in [-0.39, 0.29) is 19.1 Å². The molecular formula is C22H26N4O6. The van der Waals surface area contributed by atoms with Crippen molar-refractivity contribution in [2.24, 2.45) is 5.10 Å². The Balaban J connectivity index is 1.85. The summed E-state index contributed by atoms with van der Waals surface area (Å²) >= 11 is 0. The third kappa shape index (κ3) is 8.44. The van der Waals surface area contributed by atoms with Crippen molar-refractivity contribution in [1.29, 1.82) is 0 Å². The van der Waals surface area contributed by atoms with Crippen molar-refractivity contribution in [1.82, 2.24) is 10.7 Å². The number of methoxy groups -OCH3 is 1. The van der Waals surface area contributed by atoms with Crippen LogP contribution in [0.2, 0.25) is 0 Å². The van der Waals surface area contributed by atoms with Crippen molar-refractivity contribution < 1.29 is 28.6 Å². The first-order valence-corrected chi connectivity index (χ1v) is 9.88. The zero-order chi connectivity index (χ0) is 23.2. The van der Waals surface area contributed by atoms with E-state index in [2.05, 4.69) is 21.2 Å². The van der Waals surface area contributed by atoms with Gasteiger partial charge in [-0.15, -0.1) is 0 Å². The van der Waals surface area contributed by atoms with E-state index in [1.54, 1.807) is 48.5 Å². The van der Waals surface area contributed by atoms with Crippen molar-refractivity contribution in [3.8, 4) is 11.5 Å². The first-order valence-electron chi connectivity index (χ1n) is 9.88. The van der Waals surface area contributed by atoms with Gasteiger partial charge in [-0.1, -0.05) is 12.1 Å². The second kappa shape index (κ2) is 13.4. The molecule has 0 radical (unpaired) electrons. The van der Waals surface area contributed by atoms with Crippen molar-refractivity contribution in [3.05, 3.63) is 54.1 Å². The molecule has 0 aliphatic carbocycles. The molecule has 0 bridgehead atoms. The maximum absolute atomic E-state index is 12.2. The number of benzene rings is 2. The molecule has 0 aromatic heterocycles. The smallest absolute Gasteiger partial charge is 0.329 e. The Morgan fingerprint density at radius 2 is 1.75 bits per heavy atom. The fraction of sp³-hybridized carbons (Fsp3) is 0.273. The zero-order valence-electron chi connectivity index (χ0n) is 17.9. The highest BCUT2D eigenvalue weighted by molar-refractivity contribution is 6.35. The van der Waals surface area contributed by atoms with Gasteiger partial charge in [0, 0.05) is 24.9 Å². The van der Waals surface area contributed by atoms with Crippen LogP contribution in [0, 0.1) is 0 Å². The van der Waals surface area contributed by atoms with Crippen LogP contribution in [-0.4, -0.2) is 57.4 Å². The van der Waals surface area contributed by atoms with Gasteiger partial charge in [0.15, 0.2) is 6.61 Å². The van der Waals surface area contributed by atoms with Crippen LogP contribution >= 0.6 is 0 Å². The van der Waals surface area contributed by atoms with E-state index in [1.165, 1.54) is 13.3 Å². The molecule has 0 heterocycles. The van der Waals surface area contributed by atoms with E-state index in [9.17, 15) is 14.4 Å². The predicted octanol–water partition coefficient (Wildman–Crippen LogP) is 1.32. The first-order chi connectivity index (χ1) is 15.5. The minimum absolute atomic E-state index is 0.210. The lowest BCUT2D eigenvalue weighted by molar-refractivity contribution is -0.139. The Morgan fingerprint density at radius 1 is 1.00 bits per heavy atom. The summed E-state index contributed by atoms with van der Waals surface area (Å²) in [6.45, 7) is 2.73. The average molecular weight is 442 g/mol. The van der Waals surface area contributed by atoms with E-state index < -0.39 is 11.8 Å². The van der Waals surface area contributed by atoms with Crippen LogP contribution in [0.15, 0.2) is 53.6 Å². The lowest BCUT2D eigenvalue weighted by Crippen LogP contribution is -2.39. The molecule has 0 aliphatic rings. The standard InChI is InChI=1S/C22H26N4O6/c1-3-31-18-10-8-17(9-11-18)25-20(27)15-32-19-7-5-4-6-16(19)14-24-26-22(29)21(28)23-12-13-30-2/h4-11,14H,3,12-13,15H2,1-2H3,(H,23,28)(H,25,27)(H,26,29)/b24-14-. The topological polar surface area (TPSA) is 127 Å². The van der Waals surface area contributed by atoms with E-state index in [0.29, 0.717) is 30.2 Å². The van der Waals surface area contributed by atoms with Gasteiger partial charge in [-0.3, -0.25) is 14.4 Å². The second-order valence-electron chi connectivity index (χ2n) is 6.28. The number of amides is 3. The Kier molecular flexibility index (Phi) is 10.2. The summed E-state index contributed by atoms with van der Waals surface area (Å²) in [7, 11) is 1.49. The molecule has 0 fully saturated rings. The number of carbonyl (C=O) groups is 3. The van der Waals surface area contributed by atoms with E-state index in [4.69, 9.17) is 14.2 Å². The minimum atomic E-state index is -0.912. The fourth-order valence-electron chi connectivity index (χ4n) is 2.42. The van der Waals surface area contributed by atoms with Gasteiger partial charge in [-0.05, 0) is 43.3 Å². The van der Waals surface area contributed by atoms with E-state index >= 15 is 0 Å².